The summed E-state index contributed by atoms with van der Waals surface area (Å²) in [6.45, 7) is 2.82. The molecule has 2 heterocycles. The fraction of sp³-hybridized carbons (Fsp3) is 0.269. The summed E-state index contributed by atoms with van der Waals surface area (Å²) in [7, 11) is -3.89. The van der Waals surface area contributed by atoms with Crippen LogP contribution in [-0.4, -0.2) is 40.6 Å². The molecule has 0 bridgehead atoms. The lowest BCUT2D eigenvalue weighted by Crippen LogP contribution is -2.29. The highest BCUT2D eigenvalue weighted by atomic mass is 32.2. The van der Waals surface area contributed by atoms with E-state index >= 15 is 0 Å². The Bertz CT molecular complexity index is 1340. The van der Waals surface area contributed by atoms with Crippen molar-refractivity contribution in [1.82, 2.24) is 0 Å². The zero-order valence-corrected chi connectivity index (χ0v) is 20.0. The van der Waals surface area contributed by atoms with Crippen LogP contribution in [0.3, 0.4) is 0 Å². The number of hydrogen-bond acceptors (Lipinski definition) is 6. The predicted molar refractivity (Wildman–Crippen MR) is 135 cm³/mol. The molecule has 9 heteroatoms. The second kappa shape index (κ2) is 9.87. The van der Waals surface area contributed by atoms with Gasteiger partial charge in [0.1, 0.15) is 13.2 Å². The maximum absolute atomic E-state index is 12.9. The third-order valence-corrected chi connectivity index (χ3v) is 7.41. The van der Waals surface area contributed by atoms with Gasteiger partial charge >= 0.3 is 0 Å². The topological polar surface area (TPSA) is 97.0 Å². The summed E-state index contributed by atoms with van der Waals surface area (Å²) in [6, 6.07) is 18.7. The van der Waals surface area contributed by atoms with Gasteiger partial charge in [-0.15, -0.1) is 0 Å². The summed E-state index contributed by atoms with van der Waals surface area (Å²) in [4.78, 5) is 15.3. The van der Waals surface area contributed by atoms with Gasteiger partial charge in [0.25, 0.3) is 15.9 Å². The zero-order valence-electron chi connectivity index (χ0n) is 19.2. The number of fused-ring (bicyclic) bond motifs is 1. The first kappa shape index (κ1) is 23.0. The lowest BCUT2D eigenvalue weighted by molar-refractivity contribution is 0.102. The van der Waals surface area contributed by atoms with E-state index < -0.39 is 10.0 Å². The van der Waals surface area contributed by atoms with Gasteiger partial charge in [-0.25, -0.2) is 8.42 Å². The van der Waals surface area contributed by atoms with Crippen molar-refractivity contribution < 1.29 is 22.7 Å². The van der Waals surface area contributed by atoms with Crippen LogP contribution < -0.4 is 24.4 Å². The van der Waals surface area contributed by atoms with Crippen LogP contribution in [0.2, 0.25) is 0 Å². The monoisotopic (exact) mass is 493 g/mol. The van der Waals surface area contributed by atoms with Crippen molar-refractivity contribution in [2.24, 2.45) is 0 Å². The van der Waals surface area contributed by atoms with E-state index in [4.69, 9.17) is 9.47 Å². The minimum Gasteiger partial charge on any atom is -0.486 e. The van der Waals surface area contributed by atoms with Gasteiger partial charge in [-0.1, -0.05) is 12.1 Å². The molecule has 0 radical (unpaired) electrons. The van der Waals surface area contributed by atoms with E-state index in [0.717, 1.165) is 18.8 Å². The number of anilines is 3. The normalized spacial score (nSPS) is 15.4. The second-order valence-corrected chi connectivity index (χ2v) is 10.2. The molecule has 0 atom stereocenters. The van der Waals surface area contributed by atoms with E-state index in [1.165, 1.54) is 37.5 Å². The molecule has 0 aromatic heterocycles. The van der Waals surface area contributed by atoms with E-state index in [2.05, 4.69) is 14.9 Å². The van der Waals surface area contributed by atoms with E-state index in [1.807, 2.05) is 24.3 Å². The number of benzene rings is 3. The molecule has 8 nitrogen and oxygen atoms in total. The smallest absolute Gasteiger partial charge is 0.262 e. The van der Waals surface area contributed by atoms with Crippen LogP contribution in [0.4, 0.5) is 17.1 Å². The number of carbonyl (C=O) groups excluding carboxylic acids is 1. The summed E-state index contributed by atoms with van der Waals surface area (Å²) in [5, 5.41) is 2.92. The van der Waals surface area contributed by atoms with Crippen LogP contribution in [0.15, 0.2) is 71.6 Å². The molecule has 0 aliphatic carbocycles. The number of sulfonamides is 1. The van der Waals surface area contributed by atoms with E-state index in [0.29, 0.717) is 36.0 Å². The highest BCUT2D eigenvalue weighted by Gasteiger charge is 2.20. The Morgan fingerprint density at radius 3 is 2.37 bits per heavy atom. The fourth-order valence-electron chi connectivity index (χ4n) is 4.26. The molecular formula is C26H27N3O5S. The minimum absolute atomic E-state index is 0.0473. The quantitative estimate of drug-likeness (QED) is 0.525. The van der Waals surface area contributed by atoms with Gasteiger partial charge in [0.15, 0.2) is 11.5 Å². The molecule has 35 heavy (non-hydrogen) atoms. The molecule has 182 valence electrons. The fourth-order valence-corrected chi connectivity index (χ4v) is 5.33. The lowest BCUT2D eigenvalue weighted by atomic mass is 10.1. The number of carbonyl (C=O) groups is 1. The molecule has 0 unspecified atom stereocenters. The van der Waals surface area contributed by atoms with Gasteiger partial charge in [-0.05, 0) is 67.8 Å². The minimum atomic E-state index is -3.89. The number of rotatable bonds is 6. The molecular weight excluding hydrogens is 466 g/mol. The van der Waals surface area contributed by atoms with Crippen LogP contribution >= 0.6 is 0 Å². The van der Waals surface area contributed by atoms with Crippen LogP contribution in [0.25, 0.3) is 0 Å². The third kappa shape index (κ3) is 5.35. The molecule has 3 aromatic rings. The van der Waals surface area contributed by atoms with E-state index in [-0.39, 0.29) is 16.5 Å². The maximum Gasteiger partial charge on any atom is 0.262 e. The standard InChI is InChI=1S/C26H27N3O5S/c30-26(27-20-7-5-9-22(17-20)29-12-2-1-3-13-29)19-6-4-8-21(16-19)28-35(31,32)23-10-11-24-25(18-23)34-15-14-33-24/h4-11,16-18,28H,1-3,12-15H2,(H,27,30). The van der Waals surface area contributed by atoms with Crippen molar-refractivity contribution in [1.29, 1.82) is 0 Å². The average Bonchev–Trinajstić information content (AvgIpc) is 2.89. The Labute approximate surface area is 204 Å². The molecule has 5 rings (SSSR count). The van der Waals surface area contributed by atoms with Crippen LogP contribution in [0.1, 0.15) is 29.6 Å². The Morgan fingerprint density at radius 1 is 0.800 bits per heavy atom. The summed E-state index contributed by atoms with van der Waals surface area (Å²) < 4.78 is 39.4. The molecule has 2 N–H and O–H groups in total. The van der Waals surface area contributed by atoms with Gasteiger partial charge in [0.2, 0.25) is 0 Å². The summed E-state index contributed by atoms with van der Waals surface area (Å²) in [6.07, 6.45) is 3.60. The SMILES string of the molecule is O=C(Nc1cccc(N2CCCCC2)c1)c1cccc(NS(=O)(=O)c2ccc3c(c2)OCCO3)c1. The molecule has 1 fully saturated rings. The first-order valence-electron chi connectivity index (χ1n) is 11.7. The first-order chi connectivity index (χ1) is 17.0. The predicted octanol–water partition coefficient (Wildman–Crippen LogP) is 4.50. The summed E-state index contributed by atoms with van der Waals surface area (Å²) in [5.41, 5.74) is 2.41. The van der Waals surface area contributed by atoms with Gasteiger partial charge in [0, 0.05) is 41.8 Å². The number of amides is 1. The summed E-state index contributed by atoms with van der Waals surface area (Å²) >= 11 is 0. The van der Waals surface area contributed by atoms with Crippen molar-refractivity contribution in [3.63, 3.8) is 0 Å². The molecule has 1 saturated heterocycles. The summed E-state index contributed by atoms with van der Waals surface area (Å²) in [5.74, 6) is 0.582. The third-order valence-electron chi connectivity index (χ3n) is 6.03. The zero-order chi connectivity index (χ0) is 24.3. The Hall–Kier alpha value is -3.72. The molecule has 1 amide bonds. The van der Waals surface area contributed by atoms with Crippen molar-refractivity contribution in [3.8, 4) is 11.5 Å². The van der Waals surface area contributed by atoms with Gasteiger partial charge in [-0.2, -0.15) is 0 Å². The van der Waals surface area contributed by atoms with E-state index in [1.54, 1.807) is 24.3 Å². The van der Waals surface area contributed by atoms with Gasteiger partial charge in [-0.3, -0.25) is 9.52 Å². The first-order valence-corrected chi connectivity index (χ1v) is 13.2. The molecule has 0 saturated carbocycles. The van der Waals surface area contributed by atoms with Gasteiger partial charge < -0.3 is 19.7 Å². The Balaban J connectivity index is 1.29. The lowest BCUT2D eigenvalue weighted by Gasteiger charge is -2.29. The maximum atomic E-state index is 12.9. The highest BCUT2D eigenvalue weighted by Crippen LogP contribution is 2.33. The van der Waals surface area contributed by atoms with Crippen LogP contribution in [0.5, 0.6) is 11.5 Å². The molecule has 2 aliphatic heterocycles. The second-order valence-electron chi connectivity index (χ2n) is 8.54. The number of piperidine rings is 1. The van der Waals surface area contributed by atoms with Crippen molar-refractivity contribution in [2.75, 3.05) is 41.2 Å². The number of hydrogen-bond donors (Lipinski definition) is 2. The number of ether oxygens (including phenoxy) is 2. The Kier molecular flexibility index (Phi) is 6.50. The van der Waals surface area contributed by atoms with Crippen molar-refractivity contribution in [2.45, 2.75) is 24.2 Å². The average molecular weight is 494 g/mol. The molecule has 3 aromatic carbocycles. The van der Waals surface area contributed by atoms with Crippen molar-refractivity contribution >= 4 is 33.0 Å². The molecule has 0 spiro atoms. The molecule has 2 aliphatic rings. The number of nitrogens with one attached hydrogen (secondary N) is 2. The Morgan fingerprint density at radius 2 is 1.54 bits per heavy atom. The largest absolute Gasteiger partial charge is 0.486 e. The van der Waals surface area contributed by atoms with E-state index in [9.17, 15) is 13.2 Å². The van der Waals surface area contributed by atoms with Crippen LogP contribution in [0, 0.1) is 0 Å². The highest BCUT2D eigenvalue weighted by molar-refractivity contribution is 7.92. The van der Waals surface area contributed by atoms with Crippen molar-refractivity contribution in [3.05, 3.63) is 72.3 Å². The van der Waals surface area contributed by atoms with Crippen LogP contribution in [-0.2, 0) is 10.0 Å². The number of nitrogens with zero attached hydrogens (tertiary/aromatic N) is 1. The van der Waals surface area contributed by atoms with Gasteiger partial charge in [0.05, 0.1) is 4.90 Å².